The van der Waals surface area contributed by atoms with Gasteiger partial charge >= 0.3 is 11.5 Å². The number of thioether (sulfide) groups is 1. The summed E-state index contributed by atoms with van der Waals surface area (Å²) in [4.78, 5) is 36.1. The predicted octanol–water partition coefficient (Wildman–Crippen LogP) is -0.360. The Morgan fingerprint density at radius 2 is 2.12 bits per heavy atom. The van der Waals surface area contributed by atoms with Gasteiger partial charge in [0.2, 0.25) is 5.91 Å². The van der Waals surface area contributed by atoms with E-state index in [1.54, 1.807) is 0 Å². The topological polar surface area (TPSA) is 113 Å². The Hall–Kier alpha value is -1.60. The number of amides is 2. The first kappa shape index (κ1) is 19.7. The normalized spacial score (nSPS) is 24.5. The lowest BCUT2D eigenvalue weighted by atomic mass is 10.0. The number of rotatable bonds is 6. The highest BCUT2D eigenvalue weighted by atomic mass is 32.2. The van der Waals surface area contributed by atoms with Gasteiger partial charge in [-0.1, -0.05) is 0 Å². The Balaban J connectivity index is 2.07. The van der Waals surface area contributed by atoms with E-state index in [9.17, 15) is 36.9 Å². The van der Waals surface area contributed by atoms with E-state index in [0.29, 0.717) is 5.57 Å². The number of aliphatic carboxylic acids is 1. The third-order valence-electron chi connectivity index (χ3n) is 3.41. The number of carbonyl (C=O) groups excluding carboxylic acids is 2. The van der Waals surface area contributed by atoms with Crippen LogP contribution in [0.1, 0.15) is 0 Å². The molecule has 0 radical (unpaired) electrons. The van der Waals surface area contributed by atoms with Crippen molar-refractivity contribution in [2.75, 3.05) is 25.2 Å². The number of β-lactam (4-membered cyclic amide) rings is 1. The number of carbonyl (C=O) groups is 3. The van der Waals surface area contributed by atoms with Gasteiger partial charge in [0.25, 0.3) is 5.91 Å². The molecule has 0 bridgehead atoms. The average Bonchev–Trinajstić information content (AvgIpc) is 2.51. The van der Waals surface area contributed by atoms with Crippen LogP contribution in [0.4, 0.5) is 13.2 Å². The third-order valence-corrected chi connectivity index (χ3v) is 5.79. The third kappa shape index (κ3) is 3.98. The van der Waals surface area contributed by atoms with Crippen LogP contribution in [0.25, 0.3) is 0 Å². The molecular weight excluding hydrogens is 389 g/mol. The van der Waals surface area contributed by atoms with Gasteiger partial charge in [-0.15, -0.1) is 11.8 Å². The second-order valence-corrected chi connectivity index (χ2v) is 7.63. The molecule has 1 saturated heterocycles. The molecule has 0 spiro atoms. The lowest BCUT2D eigenvalue weighted by Crippen LogP contribution is -2.71. The van der Waals surface area contributed by atoms with Gasteiger partial charge in [0.15, 0.2) is 0 Å². The molecule has 2 aliphatic heterocycles. The summed E-state index contributed by atoms with van der Waals surface area (Å²) in [6.45, 7) is 0.00667. The summed E-state index contributed by atoms with van der Waals surface area (Å²) >= 11 is 1.15. The van der Waals surface area contributed by atoms with Gasteiger partial charge in [0.05, 0.1) is 6.61 Å². The molecule has 13 heteroatoms. The van der Waals surface area contributed by atoms with Gasteiger partial charge in [0, 0.05) is 12.9 Å². The van der Waals surface area contributed by atoms with Gasteiger partial charge in [0.1, 0.15) is 33.7 Å². The van der Waals surface area contributed by atoms with Crippen LogP contribution >= 0.6 is 11.8 Å². The molecule has 2 rings (SSSR count). The number of fused-ring (bicyclic) bond motifs is 1. The summed E-state index contributed by atoms with van der Waals surface area (Å²) in [5.41, 5.74) is -4.89. The van der Waals surface area contributed by atoms with Crippen LogP contribution < -0.4 is 5.32 Å². The molecule has 0 aliphatic carbocycles. The zero-order valence-electron chi connectivity index (χ0n) is 12.7. The molecule has 0 aromatic heterocycles. The van der Waals surface area contributed by atoms with Crippen LogP contribution in [-0.4, -0.2) is 74.1 Å². The Morgan fingerprint density at radius 3 is 2.64 bits per heavy atom. The highest BCUT2D eigenvalue weighted by Gasteiger charge is 2.54. The van der Waals surface area contributed by atoms with Gasteiger partial charge in [-0.25, -0.2) is 9.00 Å². The minimum absolute atomic E-state index is 0.00667. The molecule has 140 valence electrons. The number of carboxylic acids is 1. The lowest BCUT2D eigenvalue weighted by molar-refractivity contribution is -0.150. The molecule has 0 aromatic carbocycles. The van der Waals surface area contributed by atoms with E-state index in [4.69, 9.17) is 4.74 Å². The molecule has 2 N–H and O–H groups in total. The SMILES string of the molecule is COCC1=C(C(=O)O)N2C(=O)C(NC(=O)CS(=O)C(F)(F)F)[C@H]2SC1. The molecule has 8 nitrogen and oxygen atoms in total. The van der Waals surface area contributed by atoms with Crippen molar-refractivity contribution < 1.29 is 41.6 Å². The van der Waals surface area contributed by atoms with Gasteiger partial charge < -0.3 is 15.2 Å². The fourth-order valence-electron chi connectivity index (χ4n) is 2.38. The van der Waals surface area contributed by atoms with Crippen molar-refractivity contribution in [2.24, 2.45) is 0 Å². The highest BCUT2D eigenvalue weighted by Crippen LogP contribution is 2.40. The number of alkyl halides is 3. The zero-order valence-corrected chi connectivity index (χ0v) is 14.3. The van der Waals surface area contributed by atoms with Crippen molar-refractivity contribution in [3.63, 3.8) is 0 Å². The summed E-state index contributed by atoms with van der Waals surface area (Å²) in [5, 5.41) is 10.6. The van der Waals surface area contributed by atoms with E-state index in [1.807, 2.05) is 0 Å². The quantitative estimate of drug-likeness (QED) is 0.584. The monoisotopic (exact) mass is 402 g/mol. The van der Waals surface area contributed by atoms with Crippen LogP contribution in [0, 0.1) is 0 Å². The summed E-state index contributed by atoms with van der Waals surface area (Å²) in [7, 11) is -2.00. The molecule has 0 saturated carbocycles. The predicted molar refractivity (Wildman–Crippen MR) is 80.6 cm³/mol. The van der Waals surface area contributed by atoms with Crippen LogP contribution in [0.5, 0.6) is 0 Å². The largest absolute Gasteiger partial charge is 0.477 e. The van der Waals surface area contributed by atoms with E-state index < -0.39 is 51.3 Å². The number of carboxylic acid groups (broad SMARTS) is 1. The Bertz CT molecular complexity index is 666. The van der Waals surface area contributed by atoms with Crippen LogP contribution in [0.2, 0.25) is 0 Å². The minimum Gasteiger partial charge on any atom is -0.477 e. The Morgan fingerprint density at radius 1 is 1.48 bits per heavy atom. The van der Waals surface area contributed by atoms with E-state index in [0.717, 1.165) is 16.7 Å². The molecule has 1 fully saturated rings. The van der Waals surface area contributed by atoms with Crippen molar-refractivity contribution >= 4 is 40.3 Å². The first-order valence-electron chi connectivity index (χ1n) is 6.71. The molecule has 0 aromatic rings. The maximum atomic E-state index is 12.2. The fraction of sp³-hybridized carbons (Fsp3) is 0.583. The van der Waals surface area contributed by atoms with Gasteiger partial charge in [-0.2, -0.15) is 13.2 Å². The molecule has 2 heterocycles. The second-order valence-electron chi connectivity index (χ2n) is 5.08. The van der Waals surface area contributed by atoms with Gasteiger partial charge in [-0.05, 0) is 5.57 Å². The van der Waals surface area contributed by atoms with E-state index in [1.165, 1.54) is 7.11 Å². The standard InChI is InChI=1S/C12H13F3N2O6S2/c1-23-2-5-3-24-10-7(9(19)17(10)8(5)11(20)21)16-6(18)4-25(22)12(13,14)15/h7,10H,2-4H2,1H3,(H,16,18)(H,20,21)/t7?,10-,25?/m1/s1. The van der Waals surface area contributed by atoms with Gasteiger partial charge in [-0.3, -0.25) is 14.5 Å². The summed E-state index contributed by atoms with van der Waals surface area (Å²) in [6.07, 6.45) is 0. The van der Waals surface area contributed by atoms with Crippen LogP contribution in [0.15, 0.2) is 11.3 Å². The van der Waals surface area contributed by atoms with Crippen LogP contribution in [0.3, 0.4) is 0 Å². The number of hydrogen-bond acceptors (Lipinski definition) is 6. The minimum atomic E-state index is -5.03. The Kier molecular flexibility index (Phi) is 5.79. The fourth-order valence-corrected chi connectivity index (χ4v) is 4.20. The molecular formula is C12H13F3N2O6S2. The van der Waals surface area contributed by atoms with E-state index in [2.05, 4.69) is 5.32 Å². The number of nitrogens with zero attached hydrogens (tertiary/aromatic N) is 1. The smallest absolute Gasteiger partial charge is 0.471 e. The maximum absolute atomic E-state index is 12.2. The molecule has 2 aliphatic rings. The van der Waals surface area contributed by atoms with Crippen molar-refractivity contribution in [3.05, 3.63) is 11.3 Å². The Labute approximate surface area is 146 Å². The lowest BCUT2D eigenvalue weighted by Gasteiger charge is -2.49. The van der Waals surface area contributed by atoms with E-state index >= 15 is 0 Å². The zero-order chi connectivity index (χ0) is 18.9. The first-order chi connectivity index (χ1) is 11.6. The summed E-state index contributed by atoms with van der Waals surface area (Å²) < 4.78 is 52.4. The average molecular weight is 402 g/mol. The van der Waals surface area contributed by atoms with Crippen molar-refractivity contribution in [1.29, 1.82) is 0 Å². The van der Waals surface area contributed by atoms with Crippen molar-refractivity contribution in [3.8, 4) is 0 Å². The molecule has 3 atom stereocenters. The number of methoxy groups -OCH3 is 1. The second kappa shape index (κ2) is 7.33. The van der Waals surface area contributed by atoms with Crippen molar-refractivity contribution in [2.45, 2.75) is 16.9 Å². The van der Waals surface area contributed by atoms with Crippen LogP contribution in [-0.2, 0) is 29.9 Å². The number of ether oxygens (including phenoxy) is 1. The molecule has 2 unspecified atom stereocenters. The van der Waals surface area contributed by atoms with E-state index in [-0.39, 0.29) is 18.1 Å². The number of nitrogens with one attached hydrogen (secondary N) is 1. The first-order valence-corrected chi connectivity index (χ1v) is 9.08. The summed E-state index contributed by atoms with van der Waals surface area (Å²) in [5.74, 6) is -4.38. The number of hydrogen-bond donors (Lipinski definition) is 2. The maximum Gasteiger partial charge on any atom is 0.471 e. The number of halogens is 3. The summed E-state index contributed by atoms with van der Waals surface area (Å²) in [6, 6.07) is -1.17. The molecule has 2 amide bonds. The van der Waals surface area contributed by atoms with Crippen molar-refractivity contribution in [1.82, 2.24) is 10.2 Å². The highest BCUT2D eigenvalue weighted by molar-refractivity contribution is 8.00. The molecule has 25 heavy (non-hydrogen) atoms.